The Morgan fingerprint density at radius 1 is 1.25 bits per heavy atom. The molecular weight excluding hydrogens is 260 g/mol. The number of nitrogens with zero attached hydrogens (tertiary/aromatic N) is 2. The zero-order chi connectivity index (χ0) is 14.4. The van der Waals surface area contributed by atoms with Crippen LogP contribution in [0.1, 0.15) is 25.7 Å². The minimum Gasteiger partial charge on any atom is -0.481 e. The molecule has 0 aromatic carbocycles. The molecule has 2 atom stereocenters. The van der Waals surface area contributed by atoms with Crippen molar-refractivity contribution in [1.82, 2.24) is 15.3 Å². The van der Waals surface area contributed by atoms with Gasteiger partial charge in [-0.3, -0.25) is 10.1 Å². The minimum atomic E-state index is -0.775. The Hall–Kier alpha value is -2.18. The highest BCUT2D eigenvalue weighted by Gasteiger charge is 2.30. The zero-order valence-electron chi connectivity index (χ0n) is 11.1. The van der Waals surface area contributed by atoms with Gasteiger partial charge in [0.05, 0.1) is 5.92 Å². The number of carbonyl (C=O) groups is 2. The van der Waals surface area contributed by atoms with Crippen molar-refractivity contribution < 1.29 is 14.7 Å². The number of carboxylic acid groups (broad SMARTS) is 1. The molecule has 0 saturated heterocycles. The first kappa shape index (κ1) is 14.2. The van der Waals surface area contributed by atoms with Gasteiger partial charge in [0.15, 0.2) is 0 Å². The summed E-state index contributed by atoms with van der Waals surface area (Å²) < 4.78 is 0. The van der Waals surface area contributed by atoms with Gasteiger partial charge in [-0.2, -0.15) is 0 Å². The molecule has 3 N–H and O–H groups in total. The topological polar surface area (TPSA) is 104 Å². The van der Waals surface area contributed by atoms with E-state index in [1.54, 1.807) is 6.07 Å². The van der Waals surface area contributed by atoms with Gasteiger partial charge in [0.2, 0.25) is 5.95 Å². The normalized spacial score (nSPS) is 22.0. The highest BCUT2D eigenvalue weighted by molar-refractivity contribution is 5.87. The van der Waals surface area contributed by atoms with Crippen molar-refractivity contribution in [1.29, 1.82) is 0 Å². The van der Waals surface area contributed by atoms with Crippen molar-refractivity contribution in [3.05, 3.63) is 18.5 Å². The van der Waals surface area contributed by atoms with Gasteiger partial charge in [0.25, 0.3) is 0 Å². The van der Waals surface area contributed by atoms with Gasteiger partial charge < -0.3 is 10.4 Å². The van der Waals surface area contributed by atoms with Crippen molar-refractivity contribution in [2.45, 2.75) is 25.7 Å². The fourth-order valence-corrected chi connectivity index (χ4v) is 2.51. The van der Waals surface area contributed by atoms with Crippen LogP contribution in [0.3, 0.4) is 0 Å². The zero-order valence-corrected chi connectivity index (χ0v) is 11.1. The number of rotatable bonds is 4. The quantitative estimate of drug-likeness (QED) is 0.774. The van der Waals surface area contributed by atoms with Crippen LogP contribution in [0, 0.1) is 11.8 Å². The van der Waals surface area contributed by atoms with Crippen LogP contribution in [0.15, 0.2) is 18.5 Å². The maximum Gasteiger partial charge on any atom is 0.321 e. The fourth-order valence-electron chi connectivity index (χ4n) is 2.51. The van der Waals surface area contributed by atoms with E-state index in [2.05, 4.69) is 20.6 Å². The number of hydrogen-bond donors (Lipinski definition) is 3. The first-order chi connectivity index (χ1) is 9.66. The van der Waals surface area contributed by atoms with Gasteiger partial charge in [0.1, 0.15) is 0 Å². The van der Waals surface area contributed by atoms with Gasteiger partial charge in [0, 0.05) is 18.9 Å². The van der Waals surface area contributed by atoms with E-state index in [4.69, 9.17) is 5.11 Å². The van der Waals surface area contributed by atoms with Crippen LogP contribution in [0.2, 0.25) is 0 Å². The molecule has 2 rings (SSSR count). The number of hydrogen-bond acceptors (Lipinski definition) is 4. The molecule has 1 fully saturated rings. The summed E-state index contributed by atoms with van der Waals surface area (Å²) >= 11 is 0. The Kier molecular flexibility index (Phi) is 4.86. The van der Waals surface area contributed by atoms with Gasteiger partial charge in [-0.05, 0) is 24.8 Å². The lowest BCUT2D eigenvalue weighted by Crippen LogP contribution is -2.39. The number of carboxylic acids is 1. The Bertz CT molecular complexity index is 466. The molecule has 2 amide bonds. The Morgan fingerprint density at radius 2 is 1.95 bits per heavy atom. The third-order valence-electron chi connectivity index (χ3n) is 3.54. The lowest BCUT2D eigenvalue weighted by molar-refractivity contribution is -0.144. The molecule has 0 aliphatic heterocycles. The number of anilines is 1. The number of amides is 2. The molecule has 1 aromatic heterocycles. The summed E-state index contributed by atoms with van der Waals surface area (Å²) in [5, 5.41) is 14.4. The molecule has 1 aliphatic carbocycles. The lowest BCUT2D eigenvalue weighted by atomic mass is 9.79. The smallest absolute Gasteiger partial charge is 0.321 e. The lowest BCUT2D eigenvalue weighted by Gasteiger charge is -2.28. The second-order valence-corrected chi connectivity index (χ2v) is 4.90. The molecule has 7 heteroatoms. The van der Waals surface area contributed by atoms with E-state index in [1.807, 2.05) is 0 Å². The summed E-state index contributed by atoms with van der Waals surface area (Å²) in [5.74, 6) is -0.924. The number of aromatic nitrogens is 2. The predicted octanol–water partition coefficient (Wildman–Crippen LogP) is 1.49. The Morgan fingerprint density at radius 3 is 2.65 bits per heavy atom. The molecule has 2 unspecified atom stereocenters. The van der Waals surface area contributed by atoms with Crippen LogP contribution in [0.4, 0.5) is 10.7 Å². The first-order valence-electron chi connectivity index (χ1n) is 6.71. The SMILES string of the molecule is O=C(NCC1CCCCC1C(=O)O)Nc1ncccn1. The third kappa shape index (κ3) is 3.91. The average molecular weight is 278 g/mol. The second kappa shape index (κ2) is 6.83. The predicted molar refractivity (Wildman–Crippen MR) is 72.1 cm³/mol. The number of carbonyl (C=O) groups excluding carboxylic acids is 1. The summed E-state index contributed by atoms with van der Waals surface area (Å²) in [6, 6.07) is 1.24. The van der Waals surface area contributed by atoms with Crippen molar-refractivity contribution in [3.63, 3.8) is 0 Å². The molecule has 1 saturated carbocycles. The highest BCUT2D eigenvalue weighted by atomic mass is 16.4. The standard InChI is InChI=1S/C13H18N4O3/c18-11(19)10-5-2-1-4-9(10)8-16-13(20)17-12-14-6-3-7-15-12/h3,6-7,9-10H,1-2,4-5,8H2,(H,18,19)(H2,14,15,16,17,20). The summed E-state index contributed by atoms with van der Waals surface area (Å²) in [6.07, 6.45) is 6.54. The molecule has 0 radical (unpaired) electrons. The molecule has 1 aliphatic rings. The third-order valence-corrected chi connectivity index (χ3v) is 3.54. The largest absolute Gasteiger partial charge is 0.481 e. The monoisotopic (exact) mass is 278 g/mol. The molecule has 1 aromatic rings. The van der Waals surface area contributed by atoms with Crippen LogP contribution in [-0.4, -0.2) is 33.6 Å². The average Bonchev–Trinajstić information content (AvgIpc) is 2.46. The van der Waals surface area contributed by atoms with Gasteiger partial charge in [-0.1, -0.05) is 12.8 Å². The van der Waals surface area contributed by atoms with E-state index in [1.165, 1.54) is 12.4 Å². The van der Waals surface area contributed by atoms with Crippen LogP contribution in [0.5, 0.6) is 0 Å². The van der Waals surface area contributed by atoms with Crippen molar-refractivity contribution >= 4 is 17.9 Å². The maximum atomic E-state index is 11.7. The van der Waals surface area contributed by atoms with Crippen LogP contribution >= 0.6 is 0 Å². The number of urea groups is 1. The molecule has 1 heterocycles. The van der Waals surface area contributed by atoms with E-state index < -0.39 is 12.0 Å². The van der Waals surface area contributed by atoms with E-state index in [0.29, 0.717) is 13.0 Å². The number of nitrogens with one attached hydrogen (secondary N) is 2. The summed E-state index contributed by atoms with van der Waals surface area (Å²) in [5.41, 5.74) is 0. The summed E-state index contributed by atoms with van der Waals surface area (Å²) in [6.45, 7) is 0.357. The molecule has 0 bridgehead atoms. The Balaban J connectivity index is 1.81. The maximum absolute atomic E-state index is 11.7. The van der Waals surface area contributed by atoms with Gasteiger partial charge >= 0.3 is 12.0 Å². The molecule has 7 nitrogen and oxygen atoms in total. The number of aliphatic carboxylic acids is 1. The van der Waals surface area contributed by atoms with Crippen molar-refractivity contribution in [3.8, 4) is 0 Å². The van der Waals surface area contributed by atoms with E-state index in [9.17, 15) is 9.59 Å². The fraction of sp³-hybridized carbons (Fsp3) is 0.538. The molecular formula is C13H18N4O3. The molecule has 20 heavy (non-hydrogen) atoms. The van der Waals surface area contributed by atoms with Gasteiger partial charge in [-0.25, -0.2) is 14.8 Å². The second-order valence-electron chi connectivity index (χ2n) is 4.90. The minimum absolute atomic E-state index is 0.0105. The molecule has 0 spiro atoms. The van der Waals surface area contributed by atoms with Crippen LogP contribution in [-0.2, 0) is 4.79 Å². The van der Waals surface area contributed by atoms with Gasteiger partial charge in [-0.15, -0.1) is 0 Å². The van der Waals surface area contributed by atoms with Crippen molar-refractivity contribution in [2.24, 2.45) is 11.8 Å². The van der Waals surface area contributed by atoms with E-state index in [-0.39, 0.29) is 17.8 Å². The summed E-state index contributed by atoms with van der Waals surface area (Å²) in [7, 11) is 0. The highest BCUT2D eigenvalue weighted by Crippen LogP contribution is 2.29. The van der Waals surface area contributed by atoms with Crippen molar-refractivity contribution in [2.75, 3.05) is 11.9 Å². The van der Waals surface area contributed by atoms with Crippen LogP contribution in [0.25, 0.3) is 0 Å². The summed E-state index contributed by atoms with van der Waals surface area (Å²) in [4.78, 5) is 30.6. The van der Waals surface area contributed by atoms with E-state index >= 15 is 0 Å². The van der Waals surface area contributed by atoms with E-state index in [0.717, 1.165) is 19.3 Å². The molecule has 108 valence electrons. The van der Waals surface area contributed by atoms with Crippen LogP contribution < -0.4 is 10.6 Å². The Labute approximate surface area is 116 Å². The first-order valence-corrected chi connectivity index (χ1v) is 6.71.